The fraction of sp³-hybridized carbons (Fsp3) is 0.500. The number of nitrogens with zero attached hydrogens (tertiary/aromatic N) is 1. The van der Waals surface area contributed by atoms with Gasteiger partial charge >= 0.3 is 0 Å². The fourth-order valence-electron chi connectivity index (χ4n) is 3.62. The number of H-pyrrole nitrogens is 1. The van der Waals surface area contributed by atoms with E-state index in [2.05, 4.69) is 39.5 Å². The molecule has 2 atom stereocenters. The van der Waals surface area contributed by atoms with Crippen molar-refractivity contribution >= 4 is 10.9 Å². The van der Waals surface area contributed by atoms with Crippen molar-refractivity contribution in [1.29, 1.82) is 0 Å². The van der Waals surface area contributed by atoms with Gasteiger partial charge in [0, 0.05) is 43.4 Å². The molecule has 0 saturated carbocycles. The monoisotopic (exact) mass is 255 g/mol. The molecule has 2 saturated heterocycles. The number of aromatic amines is 1. The van der Waals surface area contributed by atoms with E-state index in [1.165, 1.54) is 48.8 Å². The Hall–Kier alpha value is -1.32. The van der Waals surface area contributed by atoms with Crippen LogP contribution < -0.4 is 5.32 Å². The highest BCUT2D eigenvalue weighted by molar-refractivity contribution is 5.79. The maximum atomic E-state index is 3.75. The summed E-state index contributed by atoms with van der Waals surface area (Å²) in [5, 5.41) is 5.07. The van der Waals surface area contributed by atoms with Gasteiger partial charge in [0.05, 0.1) is 0 Å². The Labute approximate surface area is 114 Å². The molecule has 2 N–H and O–H groups in total. The summed E-state index contributed by atoms with van der Waals surface area (Å²) in [6.45, 7) is 3.53. The predicted octanol–water partition coefficient (Wildman–Crippen LogP) is 2.49. The Morgan fingerprint density at radius 1 is 1.11 bits per heavy atom. The number of likely N-dealkylation sites (tertiary alicyclic amines) is 1. The largest absolute Gasteiger partial charge is 0.361 e. The lowest BCUT2D eigenvalue weighted by Crippen LogP contribution is -2.34. The average molecular weight is 255 g/mol. The molecular formula is C16H21N3. The number of hydrogen-bond donors (Lipinski definition) is 2. The normalized spacial score (nSPS) is 27.8. The van der Waals surface area contributed by atoms with Crippen LogP contribution >= 0.6 is 0 Å². The molecule has 3 nitrogen and oxygen atoms in total. The SMILES string of the molecule is c1cc2cc(CN3CC[C@H]4CC[C@@H](C3)N4)ccc2[nH]1. The molecule has 0 spiro atoms. The summed E-state index contributed by atoms with van der Waals surface area (Å²) in [7, 11) is 0. The first-order chi connectivity index (χ1) is 9.37. The Bertz CT molecular complexity index is 574. The second-order valence-corrected chi connectivity index (χ2v) is 6.06. The first kappa shape index (κ1) is 11.5. The molecule has 0 unspecified atom stereocenters. The van der Waals surface area contributed by atoms with Gasteiger partial charge in [0.15, 0.2) is 0 Å². The van der Waals surface area contributed by atoms with Gasteiger partial charge in [-0.05, 0) is 48.4 Å². The third-order valence-corrected chi connectivity index (χ3v) is 4.63. The van der Waals surface area contributed by atoms with E-state index in [-0.39, 0.29) is 0 Å². The minimum Gasteiger partial charge on any atom is -0.361 e. The van der Waals surface area contributed by atoms with E-state index >= 15 is 0 Å². The highest BCUT2D eigenvalue weighted by atomic mass is 15.2. The standard InChI is InChI=1S/C16H21N3/c1-4-16-13(5-7-17-16)9-12(1)10-19-8-6-14-2-3-15(11-19)18-14/h1,4-5,7,9,14-15,17-18H,2-3,6,8,10-11H2/t14-,15+/m1/s1. The van der Waals surface area contributed by atoms with Crippen molar-refractivity contribution in [2.24, 2.45) is 0 Å². The molecule has 100 valence electrons. The molecule has 0 aliphatic carbocycles. The Morgan fingerprint density at radius 3 is 3.05 bits per heavy atom. The van der Waals surface area contributed by atoms with Crippen molar-refractivity contribution in [2.45, 2.75) is 37.9 Å². The zero-order chi connectivity index (χ0) is 12.7. The number of benzene rings is 1. The van der Waals surface area contributed by atoms with Crippen molar-refractivity contribution in [3.05, 3.63) is 36.0 Å². The van der Waals surface area contributed by atoms with Gasteiger partial charge in [-0.15, -0.1) is 0 Å². The van der Waals surface area contributed by atoms with Crippen molar-refractivity contribution < 1.29 is 0 Å². The summed E-state index contributed by atoms with van der Waals surface area (Å²) in [5.41, 5.74) is 2.67. The highest BCUT2D eigenvalue weighted by Gasteiger charge is 2.28. The van der Waals surface area contributed by atoms with Crippen molar-refractivity contribution in [3.8, 4) is 0 Å². The predicted molar refractivity (Wildman–Crippen MR) is 78.1 cm³/mol. The Kier molecular flexibility index (Phi) is 2.82. The third-order valence-electron chi connectivity index (χ3n) is 4.63. The maximum Gasteiger partial charge on any atom is 0.0454 e. The summed E-state index contributed by atoms with van der Waals surface area (Å²) in [5.74, 6) is 0. The lowest BCUT2D eigenvalue weighted by Gasteiger charge is -2.24. The molecule has 1 aromatic carbocycles. The minimum atomic E-state index is 0.725. The van der Waals surface area contributed by atoms with Crippen molar-refractivity contribution in [3.63, 3.8) is 0 Å². The molecule has 2 fully saturated rings. The first-order valence-electron chi connectivity index (χ1n) is 7.41. The van der Waals surface area contributed by atoms with E-state index < -0.39 is 0 Å². The summed E-state index contributed by atoms with van der Waals surface area (Å²) >= 11 is 0. The lowest BCUT2D eigenvalue weighted by atomic mass is 10.1. The van der Waals surface area contributed by atoms with Gasteiger partial charge in [0.25, 0.3) is 0 Å². The maximum absolute atomic E-state index is 3.75. The molecular weight excluding hydrogens is 234 g/mol. The van der Waals surface area contributed by atoms with Gasteiger partial charge in [-0.2, -0.15) is 0 Å². The lowest BCUT2D eigenvalue weighted by molar-refractivity contribution is 0.251. The molecule has 19 heavy (non-hydrogen) atoms. The molecule has 4 rings (SSSR count). The van der Waals surface area contributed by atoms with Crippen LogP contribution in [0.5, 0.6) is 0 Å². The minimum absolute atomic E-state index is 0.725. The summed E-state index contributed by atoms with van der Waals surface area (Å²) in [4.78, 5) is 5.87. The van der Waals surface area contributed by atoms with Crippen molar-refractivity contribution in [2.75, 3.05) is 13.1 Å². The number of nitrogens with one attached hydrogen (secondary N) is 2. The fourth-order valence-corrected chi connectivity index (χ4v) is 3.62. The number of rotatable bonds is 2. The first-order valence-corrected chi connectivity index (χ1v) is 7.41. The van der Waals surface area contributed by atoms with Gasteiger partial charge in [0.2, 0.25) is 0 Å². The second kappa shape index (κ2) is 4.66. The van der Waals surface area contributed by atoms with Crippen LogP contribution in [0.25, 0.3) is 10.9 Å². The molecule has 3 heteroatoms. The van der Waals surface area contributed by atoms with E-state index in [1.807, 2.05) is 6.20 Å². The quantitative estimate of drug-likeness (QED) is 0.864. The van der Waals surface area contributed by atoms with Crippen LogP contribution in [0.2, 0.25) is 0 Å². The van der Waals surface area contributed by atoms with E-state index in [9.17, 15) is 0 Å². The molecule has 3 heterocycles. The number of aromatic nitrogens is 1. The molecule has 2 aliphatic heterocycles. The zero-order valence-electron chi connectivity index (χ0n) is 11.2. The zero-order valence-corrected chi connectivity index (χ0v) is 11.2. The Morgan fingerprint density at radius 2 is 2.05 bits per heavy atom. The van der Waals surface area contributed by atoms with Crippen LogP contribution in [-0.2, 0) is 6.54 Å². The number of fused-ring (bicyclic) bond motifs is 3. The summed E-state index contributed by atoms with van der Waals surface area (Å²) in [6.07, 6.45) is 6.07. The molecule has 2 bridgehead atoms. The average Bonchev–Trinajstić information content (AvgIpc) is 2.98. The van der Waals surface area contributed by atoms with Gasteiger partial charge < -0.3 is 10.3 Å². The third kappa shape index (κ3) is 2.28. The molecule has 2 aliphatic rings. The second-order valence-electron chi connectivity index (χ2n) is 6.06. The number of hydrogen-bond acceptors (Lipinski definition) is 2. The van der Waals surface area contributed by atoms with Crippen LogP contribution in [0.1, 0.15) is 24.8 Å². The van der Waals surface area contributed by atoms with E-state index in [4.69, 9.17) is 0 Å². The van der Waals surface area contributed by atoms with E-state index in [0.717, 1.165) is 18.6 Å². The molecule has 1 aromatic heterocycles. The molecule has 0 radical (unpaired) electrons. The van der Waals surface area contributed by atoms with E-state index in [1.54, 1.807) is 0 Å². The summed E-state index contributed by atoms with van der Waals surface area (Å²) < 4.78 is 0. The van der Waals surface area contributed by atoms with Crippen LogP contribution in [0.4, 0.5) is 0 Å². The van der Waals surface area contributed by atoms with Crippen LogP contribution in [0.15, 0.2) is 30.5 Å². The van der Waals surface area contributed by atoms with Crippen LogP contribution in [0, 0.1) is 0 Å². The molecule has 0 amide bonds. The Balaban J connectivity index is 1.50. The van der Waals surface area contributed by atoms with Crippen molar-refractivity contribution in [1.82, 2.24) is 15.2 Å². The topological polar surface area (TPSA) is 31.1 Å². The highest BCUT2D eigenvalue weighted by Crippen LogP contribution is 2.22. The molecule has 2 aromatic rings. The van der Waals surface area contributed by atoms with Gasteiger partial charge in [-0.1, -0.05) is 6.07 Å². The van der Waals surface area contributed by atoms with Crippen LogP contribution in [0.3, 0.4) is 0 Å². The van der Waals surface area contributed by atoms with E-state index in [0.29, 0.717) is 0 Å². The smallest absolute Gasteiger partial charge is 0.0454 e. The van der Waals surface area contributed by atoms with Gasteiger partial charge in [-0.3, -0.25) is 4.90 Å². The van der Waals surface area contributed by atoms with Gasteiger partial charge in [-0.25, -0.2) is 0 Å². The van der Waals surface area contributed by atoms with Gasteiger partial charge in [0.1, 0.15) is 0 Å². The van der Waals surface area contributed by atoms with Crippen LogP contribution in [-0.4, -0.2) is 35.1 Å². The summed E-state index contributed by atoms with van der Waals surface area (Å²) in [6, 6.07) is 10.4.